The van der Waals surface area contributed by atoms with Gasteiger partial charge in [-0.05, 0) is 38.7 Å². The zero-order valence-electron chi connectivity index (χ0n) is 14.4. The molecule has 128 valence electrons. The van der Waals surface area contributed by atoms with E-state index in [1.807, 2.05) is 25.9 Å². The van der Waals surface area contributed by atoms with Crippen molar-refractivity contribution < 1.29 is 5.11 Å². The van der Waals surface area contributed by atoms with E-state index >= 15 is 0 Å². The highest BCUT2D eigenvalue weighted by Crippen LogP contribution is 2.22. The summed E-state index contributed by atoms with van der Waals surface area (Å²) in [5, 5.41) is 23.8. The summed E-state index contributed by atoms with van der Waals surface area (Å²) in [6, 6.07) is 8.97. The fourth-order valence-electron chi connectivity index (χ4n) is 2.82. The van der Waals surface area contributed by atoms with E-state index in [0.29, 0.717) is 17.8 Å². The van der Waals surface area contributed by atoms with Gasteiger partial charge in [0, 0.05) is 18.5 Å². The van der Waals surface area contributed by atoms with Crippen molar-refractivity contribution in [2.24, 2.45) is 0 Å². The van der Waals surface area contributed by atoms with E-state index in [9.17, 15) is 9.90 Å². The van der Waals surface area contributed by atoms with Gasteiger partial charge in [-0.3, -0.25) is 4.79 Å². The second-order valence-electron chi connectivity index (χ2n) is 6.30. The van der Waals surface area contributed by atoms with E-state index in [0.717, 1.165) is 16.8 Å². The topological polar surface area (TPSA) is 97.4 Å². The number of aromatic hydroxyl groups is 1. The third kappa shape index (κ3) is 3.12. The molecule has 0 amide bonds. The second kappa shape index (κ2) is 6.42. The molecule has 0 unspecified atom stereocenters. The number of nitrogens with one attached hydrogen (secondary N) is 1. The number of benzene rings is 1. The summed E-state index contributed by atoms with van der Waals surface area (Å²) in [6.07, 6.45) is 0.255. The molecule has 0 aliphatic rings. The summed E-state index contributed by atoms with van der Waals surface area (Å²) >= 11 is 0. The second-order valence-corrected chi connectivity index (χ2v) is 6.30. The first-order valence-electron chi connectivity index (χ1n) is 7.86. The van der Waals surface area contributed by atoms with Crippen molar-refractivity contribution in [3.8, 4) is 11.9 Å². The Kier molecular flexibility index (Phi) is 4.30. The molecule has 3 rings (SSSR count). The number of aromatic nitrogens is 3. The summed E-state index contributed by atoms with van der Waals surface area (Å²) in [7, 11) is 3.86. The van der Waals surface area contributed by atoms with E-state index in [1.54, 1.807) is 24.3 Å². The average Bonchev–Trinajstić information content (AvgIpc) is 2.88. The Balaban J connectivity index is 2.07. The lowest BCUT2D eigenvalue weighted by molar-refractivity contribution is 0.402. The Hall–Kier alpha value is -3.11. The summed E-state index contributed by atoms with van der Waals surface area (Å²) in [6.45, 7) is 2.46. The minimum Gasteiger partial charge on any atom is -0.493 e. The molecule has 0 saturated carbocycles. The molecule has 0 aliphatic heterocycles. The lowest BCUT2D eigenvalue weighted by Gasteiger charge is -2.10. The normalized spacial score (nSPS) is 11.2. The van der Waals surface area contributed by atoms with Gasteiger partial charge in [0.15, 0.2) is 0 Å². The fraction of sp³-hybridized carbons (Fsp3) is 0.278. The van der Waals surface area contributed by atoms with E-state index in [-0.39, 0.29) is 23.4 Å². The lowest BCUT2D eigenvalue weighted by atomic mass is 10.1. The molecule has 1 aromatic carbocycles. The van der Waals surface area contributed by atoms with Gasteiger partial charge in [0.2, 0.25) is 5.88 Å². The van der Waals surface area contributed by atoms with Gasteiger partial charge in [-0.2, -0.15) is 14.9 Å². The van der Waals surface area contributed by atoms with Crippen LogP contribution >= 0.6 is 0 Å². The number of fused-ring (bicyclic) bond motifs is 1. The molecule has 0 saturated heterocycles. The fourth-order valence-corrected chi connectivity index (χ4v) is 2.82. The van der Waals surface area contributed by atoms with Crippen molar-refractivity contribution in [3.63, 3.8) is 0 Å². The molecule has 7 heteroatoms. The van der Waals surface area contributed by atoms with Gasteiger partial charge in [0.25, 0.3) is 5.56 Å². The first kappa shape index (κ1) is 16.7. The molecule has 0 radical (unpaired) electrons. The van der Waals surface area contributed by atoms with Crippen LogP contribution < -0.4 is 5.56 Å². The molecule has 0 fully saturated rings. The first-order chi connectivity index (χ1) is 11.9. The number of rotatable bonds is 4. The van der Waals surface area contributed by atoms with Crippen molar-refractivity contribution in [3.05, 3.63) is 62.6 Å². The third-order valence-electron chi connectivity index (χ3n) is 4.10. The third-order valence-corrected chi connectivity index (χ3v) is 4.10. The van der Waals surface area contributed by atoms with E-state index < -0.39 is 0 Å². The number of aryl methyl sites for hydroxylation is 1. The van der Waals surface area contributed by atoms with Crippen molar-refractivity contribution in [2.75, 3.05) is 14.1 Å². The summed E-state index contributed by atoms with van der Waals surface area (Å²) in [4.78, 5) is 17.3. The Morgan fingerprint density at radius 1 is 1.28 bits per heavy atom. The van der Waals surface area contributed by atoms with Gasteiger partial charge >= 0.3 is 0 Å². The number of nitriles is 1. The molecule has 7 nitrogen and oxygen atoms in total. The van der Waals surface area contributed by atoms with Gasteiger partial charge in [0.05, 0.1) is 22.9 Å². The first-order valence-corrected chi connectivity index (χ1v) is 7.86. The SMILES string of the molecule is Cc1nn2c(O)c(Cc3ccc(C#N)cc3)c(=O)[nH]c2c1CN(C)C. The molecule has 2 N–H and O–H groups in total. The van der Waals surface area contributed by atoms with Crippen LogP contribution in [0.25, 0.3) is 5.65 Å². The predicted octanol–water partition coefficient (Wildman–Crippen LogP) is 1.56. The average molecular weight is 337 g/mol. The van der Waals surface area contributed by atoms with Gasteiger partial charge in [-0.15, -0.1) is 0 Å². The summed E-state index contributed by atoms with van der Waals surface area (Å²) in [5.74, 6) is -0.156. The molecule has 3 aromatic rings. The van der Waals surface area contributed by atoms with E-state index in [2.05, 4.69) is 16.2 Å². The highest BCUT2D eigenvalue weighted by atomic mass is 16.3. The van der Waals surface area contributed by atoms with Gasteiger partial charge in [0.1, 0.15) is 5.65 Å². The monoisotopic (exact) mass is 337 g/mol. The molecular weight excluding hydrogens is 318 g/mol. The van der Waals surface area contributed by atoms with Crippen molar-refractivity contribution in [2.45, 2.75) is 19.9 Å². The molecule has 0 spiro atoms. The zero-order valence-corrected chi connectivity index (χ0v) is 14.4. The maximum Gasteiger partial charge on any atom is 0.258 e. The smallest absolute Gasteiger partial charge is 0.258 e. The number of hydrogen-bond acceptors (Lipinski definition) is 5. The van der Waals surface area contributed by atoms with Gasteiger partial charge in [-0.25, -0.2) is 0 Å². The Morgan fingerprint density at radius 3 is 2.56 bits per heavy atom. The minimum absolute atomic E-state index is 0.156. The highest BCUT2D eigenvalue weighted by Gasteiger charge is 2.18. The Labute approximate surface area is 144 Å². The largest absolute Gasteiger partial charge is 0.493 e. The van der Waals surface area contributed by atoms with Crippen LogP contribution in [0.15, 0.2) is 29.1 Å². The number of nitrogens with zero attached hydrogens (tertiary/aromatic N) is 4. The summed E-state index contributed by atoms with van der Waals surface area (Å²) < 4.78 is 1.38. The Morgan fingerprint density at radius 2 is 1.96 bits per heavy atom. The maximum absolute atomic E-state index is 12.5. The van der Waals surface area contributed by atoms with Crippen LogP contribution in [0.1, 0.15) is 27.9 Å². The van der Waals surface area contributed by atoms with Crippen LogP contribution in [-0.2, 0) is 13.0 Å². The van der Waals surface area contributed by atoms with Gasteiger partial charge < -0.3 is 15.0 Å². The van der Waals surface area contributed by atoms with E-state index in [1.165, 1.54) is 4.52 Å². The molecule has 2 aromatic heterocycles. The zero-order chi connectivity index (χ0) is 18.1. The standard InChI is InChI=1S/C18H19N5O2/c1-11-15(10-22(2)3)16-20-17(24)14(18(25)23(16)21-11)8-12-4-6-13(9-19)7-5-12/h4-7,25H,8,10H2,1-3H3,(H,20,24). The van der Waals surface area contributed by atoms with Gasteiger partial charge in [-0.1, -0.05) is 12.1 Å². The van der Waals surface area contributed by atoms with Crippen LogP contribution in [0.2, 0.25) is 0 Å². The molecule has 2 heterocycles. The van der Waals surface area contributed by atoms with Crippen LogP contribution in [0.4, 0.5) is 0 Å². The van der Waals surface area contributed by atoms with Crippen LogP contribution in [0, 0.1) is 18.3 Å². The maximum atomic E-state index is 12.5. The molecular formula is C18H19N5O2. The molecule has 0 aliphatic carbocycles. The lowest BCUT2D eigenvalue weighted by Crippen LogP contribution is -2.17. The molecule has 25 heavy (non-hydrogen) atoms. The predicted molar refractivity (Wildman–Crippen MR) is 93.6 cm³/mol. The number of H-pyrrole nitrogens is 1. The molecule has 0 atom stereocenters. The van der Waals surface area contributed by atoms with Crippen molar-refractivity contribution in [1.82, 2.24) is 19.5 Å². The summed E-state index contributed by atoms with van der Waals surface area (Å²) in [5.41, 5.74) is 3.44. The Bertz CT molecular complexity index is 1020. The van der Waals surface area contributed by atoms with Crippen LogP contribution in [0.5, 0.6) is 5.88 Å². The van der Waals surface area contributed by atoms with Crippen LogP contribution in [0.3, 0.4) is 0 Å². The number of aromatic amines is 1. The molecule has 0 bridgehead atoms. The van der Waals surface area contributed by atoms with E-state index in [4.69, 9.17) is 5.26 Å². The quantitative estimate of drug-likeness (QED) is 0.753. The highest BCUT2D eigenvalue weighted by molar-refractivity contribution is 5.53. The van der Waals surface area contributed by atoms with Crippen LogP contribution in [-0.4, -0.2) is 38.7 Å². The number of hydrogen-bond donors (Lipinski definition) is 2. The van der Waals surface area contributed by atoms with Crippen molar-refractivity contribution >= 4 is 5.65 Å². The minimum atomic E-state index is -0.339. The van der Waals surface area contributed by atoms with Crippen molar-refractivity contribution in [1.29, 1.82) is 5.26 Å².